The fourth-order valence-corrected chi connectivity index (χ4v) is 2.32. The lowest BCUT2D eigenvalue weighted by Gasteiger charge is -2.11. The van der Waals surface area contributed by atoms with Gasteiger partial charge >= 0.3 is 6.36 Å². The van der Waals surface area contributed by atoms with E-state index in [2.05, 4.69) is 15.0 Å². The minimum atomic E-state index is -4.71. The molecule has 6 nitrogen and oxygen atoms in total. The molecule has 0 unspecified atom stereocenters. The van der Waals surface area contributed by atoms with E-state index in [9.17, 15) is 13.2 Å². The number of ether oxygens (including phenoxy) is 3. The van der Waals surface area contributed by atoms with Crippen LogP contribution in [0.3, 0.4) is 0 Å². The Morgan fingerprint density at radius 3 is 2.31 bits per heavy atom. The molecule has 0 bridgehead atoms. The van der Waals surface area contributed by atoms with Crippen LogP contribution in [0.25, 0.3) is 0 Å². The number of benzene rings is 2. The molecule has 0 aliphatic carbocycles. The van der Waals surface area contributed by atoms with Gasteiger partial charge in [-0.15, -0.1) is 37.1 Å². The molecule has 0 aromatic heterocycles. The van der Waals surface area contributed by atoms with E-state index >= 15 is 0 Å². The third kappa shape index (κ3) is 8.67. The number of nitrogens with two attached hydrogens (primary N) is 1. The molecule has 2 aromatic rings. The van der Waals surface area contributed by atoms with Crippen LogP contribution in [0, 0.1) is 0 Å². The molecular formula is C19H23F3IN3O3. The van der Waals surface area contributed by atoms with Crippen molar-refractivity contribution in [3.8, 4) is 17.2 Å². The van der Waals surface area contributed by atoms with E-state index < -0.39 is 6.36 Å². The van der Waals surface area contributed by atoms with Gasteiger partial charge in [-0.1, -0.05) is 18.2 Å². The maximum Gasteiger partial charge on any atom is 0.573 e. The highest BCUT2D eigenvalue weighted by Crippen LogP contribution is 2.28. The van der Waals surface area contributed by atoms with E-state index in [1.54, 1.807) is 13.2 Å². The van der Waals surface area contributed by atoms with Crippen LogP contribution in [0.15, 0.2) is 47.5 Å². The summed E-state index contributed by atoms with van der Waals surface area (Å²) in [6.45, 7) is 3.07. The molecule has 2 rings (SSSR count). The van der Waals surface area contributed by atoms with Crippen LogP contribution in [-0.2, 0) is 13.1 Å². The number of halogens is 4. The van der Waals surface area contributed by atoms with Crippen LogP contribution in [-0.4, -0.2) is 26.0 Å². The molecule has 3 N–H and O–H groups in total. The number of hydrogen-bond acceptors (Lipinski definition) is 4. The number of alkyl halides is 3. The lowest BCUT2D eigenvalue weighted by Crippen LogP contribution is -2.31. The van der Waals surface area contributed by atoms with Crippen LogP contribution < -0.4 is 25.3 Å². The predicted molar refractivity (Wildman–Crippen MR) is 115 cm³/mol. The molecule has 0 aliphatic heterocycles. The van der Waals surface area contributed by atoms with Crippen molar-refractivity contribution in [2.45, 2.75) is 26.4 Å². The van der Waals surface area contributed by atoms with Crippen molar-refractivity contribution >= 4 is 29.9 Å². The number of rotatable bonds is 8. The van der Waals surface area contributed by atoms with Gasteiger partial charge in [0.05, 0.1) is 20.3 Å². The average Bonchev–Trinajstić information content (AvgIpc) is 2.65. The number of nitrogens with one attached hydrogen (secondary N) is 1. The molecule has 0 aliphatic rings. The average molecular weight is 525 g/mol. The van der Waals surface area contributed by atoms with E-state index in [-0.39, 0.29) is 35.7 Å². The number of nitrogens with zero attached hydrogens (tertiary/aromatic N) is 1. The lowest BCUT2D eigenvalue weighted by molar-refractivity contribution is -0.274. The molecule has 160 valence electrons. The smallest absolute Gasteiger partial charge is 0.493 e. The van der Waals surface area contributed by atoms with Crippen LogP contribution in [0.1, 0.15) is 18.1 Å². The normalized spacial score (nSPS) is 11.4. The van der Waals surface area contributed by atoms with Crippen molar-refractivity contribution in [2.24, 2.45) is 10.7 Å². The summed E-state index contributed by atoms with van der Waals surface area (Å²) < 4.78 is 51.0. The molecule has 10 heteroatoms. The van der Waals surface area contributed by atoms with Gasteiger partial charge in [0.15, 0.2) is 17.5 Å². The van der Waals surface area contributed by atoms with Gasteiger partial charge in [-0.25, -0.2) is 4.99 Å². The minimum Gasteiger partial charge on any atom is -0.493 e. The second-order valence-electron chi connectivity index (χ2n) is 5.66. The van der Waals surface area contributed by atoms with Gasteiger partial charge in [-0.2, -0.15) is 0 Å². The molecule has 0 fully saturated rings. The van der Waals surface area contributed by atoms with Gasteiger partial charge in [0.2, 0.25) is 0 Å². The number of methoxy groups -OCH3 is 1. The molecule has 0 saturated heterocycles. The van der Waals surface area contributed by atoms with Crippen molar-refractivity contribution in [3.63, 3.8) is 0 Å². The van der Waals surface area contributed by atoms with Crippen LogP contribution in [0.2, 0.25) is 0 Å². The Morgan fingerprint density at radius 1 is 1.07 bits per heavy atom. The van der Waals surface area contributed by atoms with Gasteiger partial charge in [0.1, 0.15) is 5.75 Å². The SMILES string of the molecule is CCOc1ccc(CN=C(N)NCc2ccc(OC(F)(F)F)cc2)cc1OC.I. The highest BCUT2D eigenvalue weighted by atomic mass is 127. The Balaban J connectivity index is 0.00000420. The molecule has 0 atom stereocenters. The monoisotopic (exact) mass is 525 g/mol. The summed E-state index contributed by atoms with van der Waals surface area (Å²) in [7, 11) is 1.56. The van der Waals surface area contributed by atoms with Crippen LogP contribution in [0.4, 0.5) is 13.2 Å². The molecule has 2 aromatic carbocycles. The highest BCUT2D eigenvalue weighted by molar-refractivity contribution is 14.0. The third-order valence-electron chi connectivity index (χ3n) is 3.59. The van der Waals surface area contributed by atoms with E-state index in [1.165, 1.54) is 24.3 Å². The first kappa shape index (κ1) is 24.7. The molecule has 0 amide bonds. The summed E-state index contributed by atoms with van der Waals surface area (Å²) in [6.07, 6.45) is -4.71. The topological polar surface area (TPSA) is 78.1 Å². The Labute approximate surface area is 184 Å². The van der Waals surface area contributed by atoms with Gasteiger partial charge < -0.3 is 25.3 Å². The second kappa shape index (κ2) is 11.6. The number of aliphatic imine (C=N–C) groups is 1. The van der Waals surface area contributed by atoms with Gasteiger partial charge in [0, 0.05) is 6.54 Å². The lowest BCUT2D eigenvalue weighted by atomic mass is 10.2. The van der Waals surface area contributed by atoms with E-state index in [0.717, 1.165) is 11.1 Å². The maximum atomic E-state index is 12.1. The van der Waals surface area contributed by atoms with E-state index in [1.807, 2.05) is 19.1 Å². The predicted octanol–water partition coefficient (Wildman–Crippen LogP) is 4.22. The first-order valence-corrected chi connectivity index (χ1v) is 8.49. The molecule has 0 radical (unpaired) electrons. The molecular weight excluding hydrogens is 502 g/mol. The Kier molecular flexibility index (Phi) is 9.86. The van der Waals surface area contributed by atoms with E-state index in [0.29, 0.717) is 31.2 Å². The fourth-order valence-electron chi connectivity index (χ4n) is 2.32. The molecule has 29 heavy (non-hydrogen) atoms. The Hall–Kier alpha value is -2.37. The van der Waals surface area contributed by atoms with Gasteiger partial charge in [-0.05, 0) is 42.3 Å². The van der Waals surface area contributed by atoms with Crippen molar-refractivity contribution in [1.29, 1.82) is 0 Å². The highest BCUT2D eigenvalue weighted by Gasteiger charge is 2.30. The summed E-state index contributed by atoms with van der Waals surface area (Å²) in [5, 5.41) is 2.91. The zero-order valence-electron chi connectivity index (χ0n) is 16.0. The standard InChI is InChI=1S/C19H22F3N3O3.HI/c1-3-27-16-9-6-14(10-17(16)26-2)12-25-18(23)24-11-13-4-7-15(8-5-13)28-19(20,21)22;/h4-10H,3,11-12H2,1-2H3,(H3,23,24,25);1H. The van der Waals surface area contributed by atoms with Crippen molar-refractivity contribution in [2.75, 3.05) is 13.7 Å². The summed E-state index contributed by atoms with van der Waals surface area (Å²) in [5.74, 6) is 1.20. The van der Waals surface area contributed by atoms with Gasteiger partial charge in [-0.3, -0.25) is 0 Å². The third-order valence-corrected chi connectivity index (χ3v) is 3.59. The van der Waals surface area contributed by atoms with E-state index in [4.69, 9.17) is 15.2 Å². The largest absolute Gasteiger partial charge is 0.573 e. The first-order chi connectivity index (χ1) is 13.3. The zero-order chi connectivity index (χ0) is 20.6. The fraction of sp³-hybridized carbons (Fsp3) is 0.316. The first-order valence-electron chi connectivity index (χ1n) is 8.49. The summed E-state index contributed by atoms with van der Waals surface area (Å²) in [5.41, 5.74) is 7.46. The number of guanidine groups is 1. The van der Waals surface area contributed by atoms with Crippen LogP contribution >= 0.6 is 24.0 Å². The zero-order valence-corrected chi connectivity index (χ0v) is 18.3. The molecule has 0 saturated carbocycles. The van der Waals surface area contributed by atoms with Gasteiger partial charge in [0.25, 0.3) is 0 Å². The Bertz CT molecular complexity index is 800. The van der Waals surface area contributed by atoms with Crippen molar-refractivity contribution < 1.29 is 27.4 Å². The van der Waals surface area contributed by atoms with Crippen molar-refractivity contribution in [1.82, 2.24) is 5.32 Å². The summed E-state index contributed by atoms with van der Waals surface area (Å²) >= 11 is 0. The minimum absolute atomic E-state index is 0. The summed E-state index contributed by atoms with van der Waals surface area (Å²) in [4.78, 5) is 4.24. The number of hydrogen-bond donors (Lipinski definition) is 2. The molecule has 0 spiro atoms. The van der Waals surface area contributed by atoms with Crippen LogP contribution in [0.5, 0.6) is 17.2 Å². The molecule has 0 heterocycles. The summed E-state index contributed by atoms with van der Waals surface area (Å²) in [6, 6.07) is 11.0. The Morgan fingerprint density at radius 2 is 1.72 bits per heavy atom. The maximum absolute atomic E-state index is 12.1. The second-order valence-corrected chi connectivity index (χ2v) is 5.66. The van der Waals surface area contributed by atoms with Crippen molar-refractivity contribution in [3.05, 3.63) is 53.6 Å². The quantitative estimate of drug-likeness (QED) is 0.307.